The molecular formula is C33H30N4O3. The van der Waals surface area contributed by atoms with Crippen molar-refractivity contribution in [2.75, 3.05) is 12.4 Å². The van der Waals surface area contributed by atoms with Crippen LogP contribution in [0.3, 0.4) is 0 Å². The average molecular weight is 531 g/mol. The number of rotatable bonds is 8. The van der Waals surface area contributed by atoms with Gasteiger partial charge in [0.2, 0.25) is 0 Å². The monoisotopic (exact) mass is 530 g/mol. The quantitative estimate of drug-likeness (QED) is 0.243. The normalized spacial score (nSPS) is 10.7. The zero-order valence-electron chi connectivity index (χ0n) is 22.7. The maximum absolute atomic E-state index is 13.7. The number of hydrogen-bond acceptors (Lipinski definition) is 5. The van der Waals surface area contributed by atoms with Gasteiger partial charge in [-0.3, -0.25) is 9.59 Å². The zero-order chi connectivity index (χ0) is 28.1. The number of aromatic nitrogens is 2. The van der Waals surface area contributed by atoms with Crippen LogP contribution in [0.15, 0.2) is 114 Å². The Balaban J connectivity index is 1.49. The molecule has 1 heterocycles. The highest BCUT2D eigenvalue weighted by atomic mass is 16.5. The Morgan fingerprint density at radius 2 is 1.57 bits per heavy atom. The van der Waals surface area contributed by atoms with Crippen LogP contribution in [0.1, 0.15) is 27.0 Å². The molecule has 5 aromatic rings. The van der Waals surface area contributed by atoms with E-state index in [1.165, 1.54) is 10.9 Å². The Labute approximate surface area is 233 Å². The molecule has 0 radical (unpaired) electrons. The molecule has 0 atom stereocenters. The SMILES string of the molecule is Cc1cccc(Oc2cnn(-c3ccccc3)c(=O)c2Nc2cccc(C(=O)N(C)Cc3ccccc3)c2)c1C. The van der Waals surface area contributed by atoms with Gasteiger partial charge < -0.3 is 15.0 Å². The zero-order valence-corrected chi connectivity index (χ0v) is 22.7. The highest BCUT2D eigenvalue weighted by molar-refractivity contribution is 5.95. The number of anilines is 2. The van der Waals surface area contributed by atoms with Crippen LogP contribution in [0.2, 0.25) is 0 Å². The third-order valence-electron chi connectivity index (χ3n) is 6.71. The first-order valence-electron chi connectivity index (χ1n) is 13.0. The summed E-state index contributed by atoms with van der Waals surface area (Å²) < 4.78 is 7.55. The lowest BCUT2D eigenvalue weighted by Gasteiger charge is -2.19. The summed E-state index contributed by atoms with van der Waals surface area (Å²) in [6.07, 6.45) is 1.53. The number of nitrogens with one attached hydrogen (secondary N) is 1. The van der Waals surface area contributed by atoms with E-state index in [1.807, 2.05) is 98.8 Å². The van der Waals surface area contributed by atoms with E-state index < -0.39 is 0 Å². The van der Waals surface area contributed by atoms with Gasteiger partial charge in [-0.1, -0.05) is 66.7 Å². The topological polar surface area (TPSA) is 76.5 Å². The second-order valence-electron chi connectivity index (χ2n) is 9.59. The molecule has 0 fully saturated rings. The lowest BCUT2D eigenvalue weighted by Crippen LogP contribution is -2.26. The van der Waals surface area contributed by atoms with Crippen molar-refractivity contribution in [3.8, 4) is 17.2 Å². The molecule has 0 aliphatic rings. The van der Waals surface area contributed by atoms with Gasteiger partial charge in [-0.15, -0.1) is 0 Å². The molecule has 0 saturated heterocycles. The van der Waals surface area contributed by atoms with Crippen molar-refractivity contribution in [3.05, 3.63) is 142 Å². The highest BCUT2D eigenvalue weighted by Crippen LogP contribution is 2.32. The van der Waals surface area contributed by atoms with Gasteiger partial charge in [0.15, 0.2) is 11.4 Å². The van der Waals surface area contributed by atoms with E-state index in [2.05, 4.69) is 10.4 Å². The highest BCUT2D eigenvalue weighted by Gasteiger charge is 2.18. The molecule has 7 nitrogen and oxygen atoms in total. The van der Waals surface area contributed by atoms with Gasteiger partial charge in [-0.2, -0.15) is 9.78 Å². The minimum absolute atomic E-state index is 0.129. The Bertz CT molecular complexity index is 1700. The van der Waals surface area contributed by atoms with Crippen LogP contribution in [0.5, 0.6) is 11.5 Å². The number of para-hydroxylation sites is 1. The van der Waals surface area contributed by atoms with Gasteiger partial charge in [0.05, 0.1) is 11.9 Å². The lowest BCUT2D eigenvalue weighted by molar-refractivity contribution is 0.0785. The van der Waals surface area contributed by atoms with Gasteiger partial charge in [0.25, 0.3) is 11.5 Å². The molecule has 0 aliphatic carbocycles. The van der Waals surface area contributed by atoms with E-state index in [0.29, 0.717) is 29.2 Å². The molecule has 1 N–H and O–H groups in total. The van der Waals surface area contributed by atoms with Crippen LogP contribution in [0, 0.1) is 13.8 Å². The van der Waals surface area contributed by atoms with E-state index in [0.717, 1.165) is 16.7 Å². The molecule has 1 aromatic heterocycles. The van der Waals surface area contributed by atoms with Gasteiger partial charge in [0.1, 0.15) is 5.75 Å². The molecule has 7 heteroatoms. The van der Waals surface area contributed by atoms with Crippen LogP contribution in [-0.2, 0) is 6.54 Å². The number of aryl methyl sites for hydroxylation is 1. The Hall–Kier alpha value is -5.17. The minimum Gasteiger partial charge on any atom is -0.453 e. The number of benzene rings is 4. The fourth-order valence-corrected chi connectivity index (χ4v) is 4.36. The first kappa shape index (κ1) is 26.4. The summed E-state index contributed by atoms with van der Waals surface area (Å²) in [6, 6.07) is 31.9. The van der Waals surface area contributed by atoms with Crippen molar-refractivity contribution >= 4 is 17.3 Å². The molecule has 0 bridgehead atoms. The van der Waals surface area contributed by atoms with Crippen molar-refractivity contribution < 1.29 is 9.53 Å². The molecule has 0 saturated carbocycles. The van der Waals surface area contributed by atoms with E-state index in [-0.39, 0.29) is 22.9 Å². The van der Waals surface area contributed by atoms with E-state index >= 15 is 0 Å². The molecule has 200 valence electrons. The molecule has 4 aromatic carbocycles. The Morgan fingerprint density at radius 1 is 0.875 bits per heavy atom. The summed E-state index contributed by atoms with van der Waals surface area (Å²) in [5.41, 5.74) is 4.61. The van der Waals surface area contributed by atoms with Crippen LogP contribution < -0.4 is 15.6 Å². The standard InChI is InChI=1S/C33H30N4O3/c1-23-12-10-19-29(24(23)2)40-30-21-34-37(28-17-8-5-9-18-28)33(39)31(30)35-27-16-11-15-26(20-27)32(38)36(3)22-25-13-6-4-7-14-25/h4-21,35H,22H2,1-3H3. The predicted molar refractivity (Wildman–Crippen MR) is 158 cm³/mol. The molecule has 0 aliphatic heterocycles. The van der Waals surface area contributed by atoms with Crippen molar-refractivity contribution in [1.29, 1.82) is 0 Å². The average Bonchev–Trinajstić information content (AvgIpc) is 2.98. The van der Waals surface area contributed by atoms with Crippen LogP contribution in [0.25, 0.3) is 5.69 Å². The number of carbonyl (C=O) groups is 1. The third-order valence-corrected chi connectivity index (χ3v) is 6.71. The summed E-state index contributed by atoms with van der Waals surface area (Å²) in [6.45, 7) is 4.46. The fourth-order valence-electron chi connectivity index (χ4n) is 4.36. The first-order valence-corrected chi connectivity index (χ1v) is 13.0. The molecule has 0 unspecified atom stereocenters. The Morgan fingerprint density at radius 3 is 2.33 bits per heavy atom. The molecular weight excluding hydrogens is 500 g/mol. The molecule has 40 heavy (non-hydrogen) atoms. The van der Waals surface area contributed by atoms with E-state index in [1.54, 1.807) is 30.1 Å². The van der Waals surface area contributed by atoms with Crippen LogP contribution in [-0.4, -0.2) is 27.6 Å². The molecule has 1 amide bonds. The second kappa shape index (κ2) is 11.7. The maximum atomic E-state index is 13.7. The lowest BCUT2D eigenvalue weighted by atomic mass is 10.1. The number of amides is 1. The van der Waals surface area contributed by atoms with Crippen molar-refractivity contribution in [2.24, 2.45) is 0 Å². The smallest absolute Gasteiger partial charge is 0.299 e. The van der Waals surface area contributed by atoms with Gasteiger partial charge in [0, 0.05) is 24.8 Å². The number of nitrogens with zero attached hydrogens (tertiary/aromatic N) is 3. The number of carbonyl (C=O) groups excluding carboxylic acids is 1. The first-order chi connectivity index (χ1) is 19.4. The van der Waals surface area contributed by atoms with E-state index in [4.69, 9.17) is 4.74 Å². The van der Waals surface area contributed by atoms with Gasteiger partial charge >= 0.3 is 0 Å². The summed E-state index contributed by atoms with van der Waals surface area (Å²) in [5, 5.41) is 7.61. The number of ether oxygens (including phenoxy) is 1. The molecule has 5 rings (SSSR count). The summed E-state index contributed by atoms with van der Waals surface area (Å²) in [7, 11) is 1.77. The minimum atomic E-state index is -0.382. The summed E-state index contributed by atoms with van der Waals surface area (Å²) in [5.74, 6) is 0.785. The van der Waals surface area contributed by atoms with Crippen molar-refractivity contribution in [3.63, 3.8) is 0 Å². The molecule has 0 spiro atoms. The fraction of sp³-hybridized carbons (Fsp3) is 0.121. The maximum Gasteiger partial charge on any atom is 0.299 e. The third kappa shape index (κ3) is 5.78. The van der Waals surface area contributed by atoms with Gasteiger partial charge in [-0.25, -0.2) is 0 Å². The van der Waals surface area contributed by atoms with E-state index in [9.17, 15) is 9.59 Å². The summed E-state index contributed by atoms with van der Waals surface area (Å²) in [4.78, 5) is 28.6. The predicted octanol–water partition coefficient (Wildman–Crippen LogP) is 6.66. The number of hydrogen-bond donors (Lipinski definition) is 1. The Kier molecular flexibility index (Phi) is 7.73. The van der Waals surface area contributed by atoms with Gasteiger partial charge in [-0.05, 0) is 66.9 Å². The van der Waals surface area contributed by atoms with Crippen molar-refractivity contribution in [2.45, 2.75) is 20.4 Å². The second-order valence-corrected chi connectivity index (χ2v) is 9.59. The van der Waals surface area contributed by atoms with Crippen LogP contribution >= 0.6 is 0 Å². The van der Waals surface area contributed by atoms with Crippen molar-refractivity contribution in [1.82, 2.24) is 14.7 Å². The summed E-state index contributed by atoms with van der Waals surface area (Å²) >= 11 is 0. The largest absolute Gasteiger partial charge is 0.453 e. The van der Waals surface area contributed by atoms with Crippen LogP contribution in [0.4, 0.5) is 11.4 Å².